The molecule has 0 aromatic carbocycles. The molecule has 0 aromatic rings. The van der Waals surface area contributed by atoms with Gasteiger partial charge in [0.2, 0.25) is 10.3 Å². The molecule has 0 amide bonds. The van der Waals surface area contributed by atoms with Crippen LogP contribution in [-0.4, -0.2) is 18.2 Å². The third-order valence-electron chi connectivity index (χ3n) is 1.96. The van der Waals surface area contributed by atoms with Gasteiger partial charge in [0.25, 0.3) is 5.70 Å². The summed E-state index contributed by atoms with van der Waals surface area (Å²) in [5.41, 5.74) is 5.35. The maximum Gasteiger partial charge on any atom is 0.288 e. The number of nitrogens with two attached hydrogens (primary N) is 1. The van der Waals surface area contributed by atoms with Crippen molar-refractivity contribution >= 4 is 15.2 Å². The molecule has 1 rings (SSSR count). The van der Waals surface area contributed by atoms with Gasteiger partial charge in [-0.15, -0.1) is 0 Å². The van der Waals surface area contributed by atoms with E-state index in [0.29, 0.717) is 5.70 Å². The molecule has 14 heavy (non-hydrogen) atoms. The lowest BCUT2D eigenvalue weighted by molar-refractivity contribution is -0.415. The molecular weight excluding hydrogens is 208 g/mol. The molecule has 0 bridgehead atoms. The van der Waals surface area contributed by atoms with Crippen LogP contribution in [0.2, 0.25) is 0 Å². The third-order valence-corrected chi connectivity index (χ3v) is 2.88. The van der Waals surface area contributed by atoms with E-state index in [1.165, 1.54) is 13.0 Å². The zero-order valence-corrected chi connectivity index (χ0v) is 8.11. The van der Waals surface area contributed by atoms with Gasteiger partial charge in [0.05, 0.1) is 4.92 Å². The minimum Gasteiger partial charge on any atom is -0.402 e. The highest BCUT2D eigenvalue weighted by molar-refractivity contribution is 7.73. The van der Waals surface area contributed by atoms with Gasteiger partial charge in [-0.2, -0.15) is 8.42 Å². The molecule has 7 heteroatoms. The van der Waals surface area contributed by atoms with Crippen LogP contribution in [0.4, 0.5) is 0 Å². The standard InChI is InChI=1S/C7H8N2O4S/c1-4-5(8)2-3-6(9(10)11)7(4)14(12)13/h2-4H,8H2,1H3. The first-order chi connectivity index (χ1) is 6.45. The Kier molecular flexibility index (Phi) is 2.70. The minimum atomic E-state index is -2.62. The van der Waals surface area contributed by atoms with Gasteiger partial charge in [-0.1, -0.05) is 6.92 Å². The highest BCUT2D eigenvalue weighted by Gasteiger charge is 2.30. The SMILES string of the molecule is CC1C(N)=CC=C([N+](=O)[O-])C1=S(=O)=O. The van der Waals surface area contributed by atoms with Crippen molar-refractivity contribution in [3.05, 3.63) is 33.7 Å². The molecule has 1 aliphatic rings. The van der Waals surface area contributed by atoms with Crippen molar-refractivity contribution in [2.24, 2.45) is 11.7 Å². The van der Waals surface area contributed by atoms with Crippen molar-refractivity contribution in [1.29, 1.82) is 0 Å². The van der Waals surface area contributed by atoms with E-state index in [0.717, 1.165) is 6.08 Å². The van der Waals surface area contributed by atoms with E-state index >= 15 is 0 Å². The first-order valence-corrected chi connectivity index (χ1v) is 4.81. The quantitative estimate of drug-likeness (QED) is 0.368. The average molecular weight is 216 g/mol. The fourth-order valence-electron chi connectivity index (χ4n) is 1.16. The number of nitrogens with zero attached hydrogens (tertiary/aromatic N) is 1. The second-order valence-electron chi connectivity index (χ2n) is 2.80. The van der Waals surface area contributed by atoms with Gasteiger partial charge in [0, 0.05) is 17.7 Å². The molecule has 2 N–H and O–H groups in total. The van der Waals surface area contributed by atoms with Crippen LogP contribution in [-0.2, 0) is 10.3 Å². The molecule has 0 aromatic heterocycles. The highest BCUT2D eigenvalue weighted by atomic mass is 32.2. The zero-order valence-electron chi connectivity index (χ0n) is 7.30. The Morgan fingerprint density at radius 1 is 1.50 bits per heavy atom. The summed E-state index contributed by atoms with van der Waals surface area (Å²) in [7, 11) is -2.62. The Bertz CT molecular complexity index is 464. The lowest BCUT2D eigenvalue weighted by Crippen LogP contribution is -2.27. The van der Waals surface area contributed by atoms with Crippen LogP contribution in [0.15, 0.2) is 23.5 Å². The molecule has 0 aliphatic heterocycles. The van der Waals surface area contributed by atoms with Gasteiger partial charge >= 0.3 is 0 Å². The van der Waals surface area contributed by atoms with E-state index < -0.39 is 26.8 Å². The first-order valence-electron chi connectivity index (χ1n) is 3.73. The molecule has 0 spiro atoms. The monoisotopic (exact) mass is 216 g/mol. The maximum atomic E-state index is 10.8. The number of allylic oxidation sites excluding steroid dienone is 4. The van der Waals surface area contributed by atoms with Crippen LogP contribution in [0, 0.1) is 16.0 Å². The Morgan fingerprint density at radius 3 is 2.50 bits per heavy atom. The molecule has 0 fully saturated rings. The number of nitro groups is 1. The highest BCUT2D eigenvalue weighted by Crippen LogP contribution is 2.18. The van der Waals surface area contributed by atoms with Gasteiger partial charge in [-0.25, -0.2) is 0 Å². The Morgan fingerprint density at radius 2 is 2.07 bits per heavy atom. The summed E-state index contributed by atoms with van der Waals surface area (Å²) in [5, 5.41) is 10.5. The van der Waals surface area contributed by atoms with Gasteiger partial charge in [-0.3, -0.25) is 10.1 Å². The molecule has 1 aliphatic carbocycles. The molecule has 1 unspecified atom stereocenters. The van der Waals surface area contributed by atoms with Crippen molar-refractivity contribution in [1.82, 2.24) is 0 Å². The van der Waals surface area contributed by atoms with E-state index in [1.807, 2.05) is 0 Å². The predicted octanol–water partition coefficient (Wildman–Crippen LogP) is -0.309. The van der Waals surface area contributed by atoms with Crippen LogP contribution in [0.1, 0.15) is 6.92 Å². The van der Waals surface area contributed by atoms with Gasteiger partial charge < -0.3 is 5.73 Å². The summed E-state index contributed by atoms with van der Waals surface area (Å²) in [5.74, 6) is -0.640. The third kappa shape index (κ3) is 1.67. The van der Waals surface area contributed by atoms with E-state index in [4.69, 9.17) is 5.73 Å². The molecule has 0 saturated carbocycles. The van der Waals surface area contributed by atoms with E-state index in [9.17, 15) is 18.5 Å². The van der Waals surface area contributed by atoms with Crippen molar-refractivity contribution in [2.75, 3.05) is 0 Å². The Hall–Kier alpha value is -1.63. The summed E-state index contributed by atoms with van der Waals surface area (Å²) >= 11 is 0. The van der Waals surface area contributed by atoms with E-state index in [2.05, 4.69) is 0 Å². The number of rotatable bonds is 1. The summed E-state index contributed by atoms with van der Waals surface area (Å²) in [6, 6.07) is 0. The van der Waals surface area contributed by atoms with E-state index in [1.54, 1.807) is 0 Å². The normalized spacial score (nSPS) is 21.2. The summed E-state index contributed by atoms with van der Waals surface area (Å²) in [6.45, 7) is 1.51. The Labute approximate surface area is 81.4 Å². The van der Waals surface area contributed by atoms with Gasteiger partial charge in [-0.05, 0) is 6.08 Å². The Balaban J connectivity index is 3.44. The van der Waals surface area contributed by atoms with Crippen molar-refractivity contribution < 1.29 is 13.3 Å². The van der Waals surface area contributed by atoms with Crippen LogP contribution in [0.3, 0.4) is 0 Å². The van der Waals surface area contributed by atoms with Crippen molar-refractivity contribution in [2.45, 2.75) is 6.92 Å². The van der Waals surface area contributed by atoms with Gasteiger partial charge in [0.15, 0.2) is 4.86 Å². The average Bonchev–Trinajstić information content (AvgIpc) is 2.08. The van der Waals surface area contributed by atoms with Crippen LogP contribution in [0.25, 0.3) is 0 Å². The second-order valence-corrected chi connectivity index (χ2v) is 3.71. The zero-order chi connectivity index (χ0) is 10.9. The maximum absolute atomic E-state index is 10.8. The van der Waals surface area contributed by atoms with Crippen LogP contribution >= 0.6 is 0 Å². The molecule has 0 heterocycles. The number of hydrogen-bond donors (Lipinski definition) is 1. The fourth-order valence-corrected chi connectivity index (χ4v) is 1.89. The fraction of sp³-hybridized carbons (Fsp3) is 0.286. The number of hydrogen-bond acceptors (Lipinski definition) is 5. The molecule has 1 atom stereocenters. The lowest BCUT2D eigenvalue weighted by Gasteiger charge is -2.13. The summed E-state index contributed by atoms with van der Waals surface area (Å²) < 4.78 is 21.5. The smallest absolute Gasteiger partial charge is 0.288 e. The molecule has 0 radical (unpaired) electrons. The van der Waals surface area contributed by atoms with Crippen molar-refractivity contribution in [3.63, 3.8) is 0 Å². The molecular formula is C7H8N2O4S. The minimum absolute atomic E-state index is 0.269. The molecule has 0 saturated heterocycles. The lowest BCUT2D eigenvalue weighted by atomic mass is 9.97. The second kappa shape index (κ2) is 3.62. The largest absolute Gasteiger partial charge is 0.402 e. The van der Waals surface area contributed by atoms with Crippen molar-refractivity contribution in [3.8, 4) is 0 Å². The van der Waals surface area contributed by atoms with Gasteiger partial charge in [0.1, 0.15) is 0 Å². The molecule has 6 nitrogen and oxygen atoms in total. The van der Waals surface area contributed by atoms with Crippen LogP contribution < -0.4 is 5.73 Å². The van der Waals surface area contributed by atoms with Crippen LogP contribution in [0.5, 0.6) is 0 Å². The first kappa shape index (κ1) is 10.5. The topological polar surface area (TPSA) is 103 Å². The summed E-state index contributed by atoms with van der Waals surface area (Å²) in [6.07, 6.45) is 2.44. The predicted molar refractivity (Wildman–Crippen MR) is 50.4 cm³/mol. The summed E-state index contributed by atoms with van der Waals surface area (Å²) in [4.78, 5) is 9.49. The van der Waals surface area contributed by atoms with E-state index in [-0.39, 0.29) is 4.86 Å². The molecule has 76 valence electrons.